The zero-order chi connectivity index (χ0) is 8.97. The number of hydrogen-bond donors (Lipinski definition) is 0. The van der Waals surface area contributed by atoms with Crippen molar-refractivity contribution in [1.82, 2.24) is 4.98 Å². The molecule has 2 nitrogen and oxygen atoms in total. The molecule has 1 heterocycles. The number of rotatable bonds is 2. The van der Waals surface area contributed by atoms with E-state index in [-0.39, 0.29) is 0 Å². The standard InChI is InChI=1S/C8H6Br2N2/c9-2-7-1-6(4-11)5-12-8(7)3-10/h1,5H,2-3H2. The molecule has 0 aliphatic heterocycles. The third-order valence-electron chi connectivity index (χ3n) is 1.46. The van der Waals surface area contributed by atoms with Gasteiger partial charge in [0.1, 0.15) is 6.07 Å². The fourth-order valence-electron chi connectivity index (χ4n) is 0.836. The number of nitrogens with zero attached hydrogens (tertiary/aromatic N) is 2. The van der Waals surface area contributed by atoms with E-state index in [1.807, 2.05) is 6.07 Å². The molecule has 0 aliphatic rings. The van der Waals surface area contributed by atoms with Gasteiger partial charge >= 0.3 is 0 Å². The predicted octanol–water partition coefficient (Wildman–Crippen LogP) is 2.74. The molecule has 0 atom stereocenters. The molecule has 1 rings (SSSR count). The van der Waals surface area contributed by atoms with Crippen LogP contribution in [0.4, 0.5) is 0 Å². The summed E-state index contributed by atoms with van der Waals surface area (Å²) in [5, 5.41) is 10.1. The van der Waals surface area contributed by atoms with Crippen molar-refractivity contribution in [3.05, 3.63) is 29.1 Å². The van der Waals surface area contributed by atoms with Crippen LogP contribution >= 0.6 is 31.9 Å². The SMILES string of the molecule is N#Cc1cnc(CBr)c(CBr)c1. The van der Waals surface area contributed by atoms with Gasteiger partial charge in [-0.2, -0.15) is 5.26 Å². The maximum Gasteiger partial charge on any atom is 0.101 e. The fourth-order valence-corrected chi connectivity index (χ4v) is 1.83. The van der Waals surface area contributed by atoms with E-state index in [0.29, 0.717) is 5.56 Å². The Morgan fingerprint density at radius 3 is 2.67 bits per heavy atom. The molecular weight excluding hydrogens is 284 g/mol. The highest BCUT2D eigenvalue weighted by molar-refractivity contribution is 9.09. The molecule has 0 radical (unpaired) electrons. The number of pyridine rings is 1. The number of aromatic nitrogens is 1. The van der Waals surface area contributed by atoms with Crippen LogP contribution < -0.4 is 0 Å². The Morgan fingerprint density at radius 1 is 1.42 bits per heavy atom. The zero-order valence-corrected chi connectivity index (χ0v) is 9.39. The molecule has 1 aromatic rings. The Bertz CT molecular complexity index is 317. The number of nitriles is 1. The number of alkyl halides is 2. The third kappa shape index (κ3) is 2.05. The molecular formula is C8H6Br2N2. The Balaban J connectivity index is 3.13. The number of halogens is 2. The van der Waals surface area contributed by atoms with Crippen molar-refractivity contribution >= 4 is 31.9 Å². The van der Waals surface area contributed by atoms with Gasteiger partial charge in [-0.3, -0.25) is 4.98 Å². The van der Waals surface area contributed by atoms with Gasteiger partial charge in [-0.15, -0.1) is 0 Å². The summed E-state index contributed by atoms with van der Waals surface area (Å²) in [6.07, 6.45) is 1.59. The van der Waals surface area contributed by atoms with Crippen LogP contribution in [0.25, 0.3) is 0 Å². The molecule has 62 valence electrons. The van der Waals surface area contributed by atoms with Crippen LogP contribution in [0.5, 0.6) is 0 Å². The van der Waals surface area contributed by atoms with Gasteiger partial charge in [-0.1, -0.05) is 31.9 Å². The van der Waals surface area contributed by atoms with Crippen molar-refractivity contribution in [2.75, 3.05) is 0 Å². The van der Waals surface area contributed by atoms with Crippen LogP contribution in [-0.4, -0.2) is 4.98 Å². The Labute approximate surface area is 87.9 Å². The van der Waals surface area contributed by atoms with Gasteiger partial charge in [0.15, 0.2) is 0 Å². The molecule has 1 aromatic heterocycles. The fraction of sp³-hybridized carbons (Fsp3) is 0.250. The average Bonchev–Trinajstić information content (AvgIpc) is 2.16. The molecule has 0 bridgehead atoms. The Hall–Kier alpha value is -0.400. The topological polar surface area (TPSA) is 36.7 Å². The molecule has 4 heteroatoms. The lowest BCUT2D eigenvalue weighted by Crippen LogP contribution is -1.93. The second kappa shape index (κ2) is 4.58. The second-order valence-corrected chi connectivity index (χ2v) is 3.33. The molecule has 0 amide bonds. The summed E-state index contributed by atoms with van der Waals surface area (Å²) in [5.41, 5.74) is 2.64. The predicted molar refractivity (Wildman–Crippen MR) is 54.2 cm³/mol. The summed E-state index contributed by atoms with van der Waals surface area (Å²) in [6, 6.07) is 3.90. The Morgan fingerprint density at radius 2 is 2.17 bits per heavy atom. The smallest absolute Gasteiger partial charge is 0.101 e. The summed E-state index contributed by atoms with van der Waals surface area (Å²) < 4.78 is 0. The van der Waals surface area contributed by atoms with Gasteiger partial charge in [-0.25, -0.2) is 0 Å². The molecule has 0 unspecified atom stereocenters. The maximum absolute atomic E-state index is 8.60. The minimum Gasteiger partial charge on any atom is -0.259 e. The first-order valence-corrected chi connectivity index (χ1v) is 5.56. The molecule has 12 heavy (non-hydrogen) atoms. The molecule has 0 spiro atoms. The van der Waals surface area contributed by atoms with Crippen molar-refractivity contribution in [3.8, 4) is 6.07 Å². The number of hydrogen-bond acceptors (Lipinski definition) is 2. The van der Waals surface area contributed by atoms with Crippen LogP contribution in [0.3, 0.4) is 0 Å². The first-order chi connectivity index (χ1) is 5.81. The van der Waals surface area contributed by atoms with Crippen LogP contribution in [0.2, 0.25) is 0 Å². The zero-order valence-electron chi connectivity index (χ0n) is 6.22. The normalized spacial score (nSPS) is 9.42. The van der Waals surface area contributed by atoms with Crippen molar-refractivity contribution in [2.45, 2.75) is 10.7 Å². The molecule has 0 aromatic carbocycles. The first-order valence-electron chi connectivity index (χ1n) is 3.31. The summed E-state index contributed by atoms with van der Waals surface area (Å²) >= 11 is 6.67. The van der Waals surface area contributed by atoms with E-state index in [0.717, 1.165) is 21.9 Å². The van der Waals surface area contributed by atoms with Gasteiger partial charge in [0.05, 0.1) is 11.3 Å². The molecule has 0 fully saturated rings. The quantitative estimate of drug-likeness (QED) is 0.785. The van der Waals surface area contributed by atoms with Crippen LogP contribution in [0.15, 0.2) is 12.3 Å². The summed E-state index contributed by atoms with van der Waals surface area (Å²) in [7, 11) is 0. The molecule has 0 saturated carbocycles. The molecule has 0 saturated heterocycles. The Kier molecular flexibility index (Phi) is 3.70. The monoisotopic (exact) mass is 288 g/mol. The van der Waals surface area contributed by atoms with E-state index >= 15 is 0 Å². The van der Waals surface area contributed by atoms with Crippen LogP contribution in [-0.2, 0) is 10.7 Å². The lowest BCUT2D eigenvalue weighted by atomic mass is 10.2. The van der Waals surface area contributed by atoms with E-state index in [2.05, 4.69) is 42.9 Å². The van der Waals surface area contributed by atoms with Gasteiger partial charge in [-0.05, 0) is 11.6 Å². The highest BCUT2D eigenvalue weighted by Gasteiger charge is 2.02. The third-order valence-corrected chi connectivity index (χ3v) is 2.59. The van der Waals surface area contributed by atoms with Crippen molar-refractivity contribution in [1.29, 1.82) is 5.26 Å². The summed E-state index contributed by atoms with van der Waals surface area (Å²) in [6.45, 7) is 0. The van der Waals surface area contributed by atoms with Crippen LogP contribution in [0.1, 0.15) is 16.8 Å². The van der Waals surface area contributed by atoms with E-state index in [4.69, 9.17) is 5.26 Å². The van der Waals surface area contributed by atoms with Crippen molar-refractivity contribution < 1.29 is 0 Å². The second-order valence-electron chi connectivity index (χ2n) is 2.21. The van der Waals surface area contributed by atoms with Crippen LogP contribution in [0, 0.1) is 11.3 Å². The minimum absolute atomic E-state index is 0.606. The highest BCUT2D eigenvalue weighted by atomic mass is 79.9. The lowest BCUT2D eigenvalue weighted by molar-refractivity contribution is 1.12. The first kappa shape index (κ1) is 9.69. The largest absolute Gasteiger partial charge is 0.259 e. The average molecular weight is 290 g/mol. The maximum atomic E-state index is 8.60. The van der Waals surface area contributed by atoms with E-state index in [1.165, 1.54) is 0 Å². The van der Waals surface area contributed by atoms with Crippen molar-refractivity contribution in [3.63, 3.8) is 0 Å². The van der Waals surface area contributed by atoms with E-state index < -0.39 is 0 Å². The van der Waals surface area contributed by atoms with E-state index in [1.54, 1.807) is 6.20 Å². The van der Waals surface area contributed by atoms with Gasteiger partial charge < -0.3 is 0 Å². The molecule has 0 aliphatic carbocycles. The highest BCUT2D eigenvalue weighted by Crippen LogP contribution is 2.14. The van der Waals surface area contributed by atoms with Gasteiger partial charge in [0.25, 0.3) is 0 Å². The van der Waals surface area contributed by atoms with Crippen molar-refractivity contribution in [2.24, 2.45) is 0 Å². The summed E-state index contributed by atoms with van der Waals surface area (Å²) in [5.74, 6) is 0. The minimum atomic E-state index is 0.606. The van der Waals surface area contributed by atoms with E-state index in [9.17, 15) is 0 Å². The molecule has 0 N–H and O–H groups in total. The lowest BCUT2D eigenvalue weighted by Gasteiger charge is -2.01. The summed E-state index contributed by atoms with van der Waals surface area (Å²) in [4.78, 5) is 4.14. The van der Waals surface area contributed by atoms with Gasteiger partial charge in [0.2, 0.25) is 0 Å². The van der Waals surface area contributed by atoms with Gasteiger partial charge in [0, 0.05) is 16.9 Å².